The van der Waals surface area contributed by atoms with Crippen molar-refractivity contribution in [1.29, 1.82) is 0 Å². The molecule has 0 bridgehead atoms. The van der Waals surface area contributed by atoms with Gasteiger partial charge in [-0.1, -0.05) is 13.8 Å². The van der Waals surface area contributed by atoms with Crippen LogP contribution in [-0.4, -0.2) is 49.7 Å². The Morgan fingerprint density at radius 3 is 2.71 bits per heavy atom. The molecule has 0 fully saturated rings. The predicted octanol–water partition coefficient (Wildman–Crippen LogP) is 3.46. The third-order valence-corrected chi connectivity index (χ3v) is 5.94. The molecule has 5 heterocycles. The first kappa shape index (κ1) is 24.6. The van der Waals surface area contributed by atoms with Crippen molar-refractivity contribution < 1.29 is 19.0 Å². The van der Waals surface area contributed by atoms with E-state index in [2.05, 4.69) is 22.3 Å². The van der Waals surface area contributed by atoms with Crippen molar-refractivity contribution in [1.82, 2.24) is 29.7 Å². The van der Waals surface area contributed by atoms with Gasteiger partial charge in [0.2, 0.25) is 0 Å². The number of rotatable bonds is 6. The van der Waals surface area contributed by atoms with E-state index in [1.54, 1.807) is 24.7 Å². The molecule has 35 heavy (non-hydrogen) atoms. The van der Waals surface area contributed by atoms with Crippen LogP contribution in [0.3, 0.4) is 0 Å². The third-order valence-electron chi connectivity index (χ3n) is 5.94. The number of nitrogens with zero attached hydrogens (tertiary/aromatic N) is 5. The summed E-state index contributed by atoms with van der Waals surface area (Å²) in [4.78, 5) is 4.00. The van der Waals surface area contributed by atoms with Crippen molar-refractivity contribution in [3.63, 3.8) is 0 Å². The lowest BCUT2D eigenvalue weighted by Gasteiger charge is -2.23. The lowest BCUT2D eigenvalue weighted by molar-refractivity contribution is 0.00417. The molecule has 4 aromatic rings. The molecule has 9 nitrogen and oxygen atoms in total. The molecule has 4 aromatic heterocycles. The number of methoxy groups -OCH3 is 1. The van der Waals surface area contributed by atoms with E-state index in [0.717, 1.165) is 48.3 Å². The van der Waals surface area contributed by atoms with Gasteiger partial charge in [-0.15, -0.1) is 0 Å². The molecule has 1 atom stereocenters. The second kappa shape index (κ2) is 10.0. The van der Waals surface area contributed by atoms with E-state index < -0.39 is 11.4 Å². The van der Waals surface area contributed by atoms with Crippen LogP contribution in [0.2, 0.25) is 0 Å². The van der Waals surface area contributed by atoms with Crippen molar-refractivity contribution in [2.24, 2.45) is 0 Å². The highest BCUT2D eigenvalue weighted by Crippen LogP contribution is 2.35. The van der Waals surface area contributed by atoms with Gasteiger partial charge in [-0.25, -0.2) is 8.91 Å². The summed E-state index contributed by atoms with van der Waals surface area (Å²) in [6.45, 7) is 9.98. The fraction of sp³-hybridized carbons (Fsp3) is 0.400. The van der Waals surface area contributed by atoms with Crippen LogP contribution in [0.15, 0.2) is 36.8 Å². The first-order valence-electron chi connectivity index (χ1n) is 11.7. The Labute approximate surface area is 203 Å². The Balaban J connectivity index is 0.00000141. The van der Waals surface area contributed by atoms with Crippen molar-refractivity contribution in [3.05, 3.63) is 59.6 Å². The molecule has 1 aliphatic heterocycles. The number of hydrogen-bond donors (Lipinski definition) is 2. The summed E-state index contributed by atoms with van der Waals surface area (Å²) >= 11 is 0. The highest BCUT2D eigenvalue weighted by molar-refractivity contribution is 5.75. The molecular weight excluding hydrogens is 451 g/mol. The van der Waals surface area contributed by atoms with E-state index >= 15 is 0 Å². The Kier molecular flexibility index (Phi) is 7.04. The number of aromatic nitrogens is 5. The van der Waals surface area contributed by atoms with Gasteiger partial charge in [0.1, 0.15) is 23.8 Å². The van der Waals surface area contributed by atoms with Gasteiger partial charge in [0, 0.05) is 24.8 Å². The zero-order valence-electron chi connectivity index (χ0n) is 20.7. The minimum absolute atomic E-state index is 0.109. The number of hydrogen-bond acceptors (Lipinski definition) is 7. The fourth-order valence-electron chi connectivity index (χ4n) is 4.09. The molecule has 0 aliphatic carbocycles. The summed E-state index contributed by atoms with van der Waals surface area (Å²) in [5, 5.41) is 23.5. The Morgan fingerprint density at radius 1 is 1.23 bits per heavy atom. The topological polar surface area (TPSA) is 98.7 Å². The van der Waals surface area contributed by atoms with E-state index in [4.69, 9.17) is 14.6 Å². The summed E-state index contributed by atoms with van der Waals surface area (Å²) < 4.78 is 28.5. The summed E-state index contributed by atoms with van der Waals surface area (Å²) in [6, 6.07) is 4.58. The molecule has 5 rings (SSSR count). The zero-order valence-corrected chi connectivity index (χ0v) is 20.7. The van der Waals surface area contributed by atoms with Gasteiger partial charge in [-0.05, 0) is 37.6 Å². The lowest BCUT2D eigenvalue weighted by Crippen LogP contribution is -2.30. The number of aliphatic hydroxyl groups is 1. The fourth-order valence-corrected chi connectivity index (χ4v) is 4.09. The number of nitrogens with one attached hydrogen (secondary N) is 1. The van der Waals surface area contributed by atoms with Crippen LogP contribution in [-0.2, 0) is 18.7 Å². The number of pyridine rings is 2. The molecule has 1 aliphatic rings. The molecule has 0 saturated carbocycles. The predicted molar refractivity (Wildman–Crippen MR) is 130 cm³/mol. The quantitative estimate of drug-likeness (QED) is 0.434. The summed E-state index contributed by atoms with van der Waals surface area (Å²) in [5.41, 5.74) is 3.43. The standard InChI is InChI=1S/C23H25FN6O3.C2H6/c1-14-17-10-25-6-7-29(17)28-21(14)15-8-18(22-19(32-3)11-27-30(22)12-15)33-13-23(2,31)20-5-4-16(24)9-26-20;1-2/h4-5,8-9,11-12,25,31H,6-7,10,13H2,1-3H3;1-2H3. The van der Waals surface area contributed by atoms with Gasteiger partial charge in [-0.3, -0.25) is 9.67 Å². The van der Waals surface area contributed by atoms with Gasteiger partial charge < -0.3 is 19.9 Å². The molecule has 0 radical (unpaired) electrons. The third kappa shape index (κ3) is 4.71. The highest BCUT2D eigenvalue weighted by Gasteiger charge is 2.27. The van der Waals surface area contributed by atoms with Crippen LogP contribution in [0.25, 0.3) is 16.8 Å². The van der Waals surface area contributed by atoms with Gasteiger partial charge in [0.25, 0.3) is 0 Å². The Morgan fingerprint density at radius 2 is 2.03 bits per heavy atom. The zero-order chi connectivity index (χ0) is 25.2. The minimum atomic E-state index is -1.44. The first-order valence-corrected chi connectivity index (χ1v) is 11.7. The van der Waals surface area contributed by atoms with Gasteiger partial charge in [0.05, 0.1) is 43.1 Å². The highest BCUT2D eigenvalue weighted by atomic mass is 19.1. The van der Waals surface area contributed by atoms with Crippen LogP contribution in [0.5, 0.6) is 11.5 Å². The minimum Gasteiger partial charge on any atom is -0.493 e. The van der Waals surface area contributed by atoms with E-state index in [-0.39, 0.29) is 6.61 Å². The second-order valence-electron chi connectivity index (χ2n) is 8.34. The Bertz CT molecular complexity index is 1310. The number of fused-ring (bicyclic) bond motifs is 2. The average Bonchev–Trinajstić information content (AvgIpc) is 3.45. The van der Waals surface area contributed by atoms with Gasteiger partial charge in [-0.2, -0.15) is 10.2 Å². The molecule has 0 aromatic carbocycles. The smallest absolute Gasteiger partial charge is 0.168 e. The maximum atomic E-state index is 13.3. The number of ether oxygens (including phenoxy) is 2. The normalized spacial score (nSPS) is 14.6. The maximum absolute atomic E-state index is 13.3. The van der Waals surface area contributed by atoms with Crippen LogP contribution < -0.4 is 14.8 Å². The summed E-state index contributed by atoms with van der Waals surface area (Å²) in [6.07, 6.45) is 4.57. The van der Waals surface area contributed by atoms with Crippen molar-refractivity contribution >= 4 is 5.52 Å². The van der Waals surface area contributed by atoms with Crippen LogP contribution >= 0.6 is 0 Å². The summed E-state index contributed by atoms with van der Waals surface area (Å²) in [5.74, 6) is 0.552. The van der Waals surface area contributed by atoms with Gasteiger partial charge >= 0.3 is 0 Å². The largest absolute Gasteiger partial charge is 0.493 e. The van der Waals surface area contributed by atoms with E-state index in [1.807, 2.05) is 30.8 Å². The first-order chi connectivity index (χ1) is 16.9. The van der Waals surface area contributed by atoms with E-state index in [1.165, 1.54) is 12.1 Å². The molecular formula is C25H31FN6O3. The van der Waals surface area contributed by atoms with Crippen LogP contribution in [0.4, 0.5) is 4.39 Å². The molecule has 186 valence electrons. The van der Waals surface area contributed by atoms with E-state index in [9.17, 15) is 9.50 Å². The van der Waals surface area contributed by atoms with Crippen molar-refractivity contribution in [2.45, 2.75) is 46.4 Å². The van der Waals surface area contributed by atoms with Crippen LogP contribution in [0, 0.1) is 12.7 Å². The molecule has 10 heteroatoms. The molecule has 0 saturated heterocycles. The van der Waals surface area contributed by atoms with Gasteiger partial charge in [0.15, 0.2) is 11.3 Å². The van der Waals surface area contributed by atoms with Crippen molar-refractivity contribution in [3.8, 4) is 22.8 Å². The molecule has 2 N–H and O–H groups in total. The molecule has 0 amide bonds. The van der Waals surface area contributed by atoms with E-state index in [0.29, 0.717) is 22.7 Å². The summed E-state index contributed by atoms with van der Waals surface area (Å²) in [7, 11) is 1.56. The lowest BCUT2D eigenvalue weighted by atomic mass is 10.0. The average molecular weight is 483 g/mol. The monoisotopic (exact) mass is 482 g/mol. The molecule has 0 spiro atoms. The SMILES string of the molecule is CC.COc1cnn2cc(-c3nn4c(c3C)CNCC4)cc(OCC(C)(O)c3ccc(F)cn3)c12. The Hall–Kier alpha value is -3.50. The van der Waals surface area contributed by atoms with Crippen molar-refractivity contribution in [2.75, 3.05) is 20.3 Å². The maximum Gasteiger partial charge on any atom is 0.168 e. The number of halogens is 1. The van der Waals surface area contributed by atoms with Crippen LogP contribution in [0.1, 0.15) is 37.7 Å². The second-order valence-corrected chi connectivity index (χ2v) is 8.34. The molecule has 1 unspecified atom stereocenters.